The number of aromatic nitrogens is 2. The fourth-order valence-corrected chi connectivity index (χ4v) is 3.48. The molecule has 4 rings (SSSR count). The highest BCUT2D eigenvalue weighted by Gasteiger charge is 2.20. The van der Waals surface area contributed by atoms with Crippen LogP contribution in [0.1, 0.15) is 28.0 Å². The van der Waals surface area contributed by atoms with Crippen molar-refractivity contribution in [1.82, 2.24) is 15.1 Å². The molecule has 1 aliphatic rings. The molecular weight excluding hydrogens is 336 g/mol. The number of carbonyl (C=O) groups is 1. The number of hydrogen-bond donors (Lipinski definition) is 0. The second-order valence-corrected chi connectivity index (χ2v) is 6.81. The van der Waals surface area contributed by atoms with Crippen molar-refractivity contribution in [1.29, 1.82) is 0 Å². The molecule has 0 saturated heterocycles. The van der Waals surface area contributed by atoms with Crippen LogP contribution in [0.15, 0.2) is 66.7 Å². The van der Waals surface area contributed by atoms with Crippen LogP contribution in [0.25, 0.3) is 0 Å². The molecule has 0 unspecified atom stereocenters. The van der Waals surface area contributed by atoms with Gasteiger partial charge in [0.05, 0.1) is 0 Å². The van der Waals surface area contributed by atoms with Gasteiger partial charge in [-0.05, 0) is 42.2 Å². The first-order valence-electron chi connectivity index (χ1n) is 9.21. The number of amides is 1. The number of rotatable bonds is 4. The van der Waals surface area contributed by atoms with Gasteiger partial charge < -0.3 is 9.80 Å². The van der Waals surface area contributed by atoms with E-state index in [0.717, 1.165) is 30.8 Å². The summed E-state index contributed by atoms with van der Waals surface area (Å²) in [5.41, 5.74) is 3.96. The Balaban J connectivity index is 1.50. The van der Waals surface area contributed by atoms with Crippen LogP contribution in [0.3, 0.4) is 0 Å². The van der Waals surface area contributed by atoms with Gasteiger partial charge in [0, 0.05) is 25.8 Å². The third-order valence-corrected chi connectivity index (χ3v) is 4.87. The van der Waals surface area contributed by atoms with Gasteiger partial charge >= 0.3 is 0 Å². The van der Waals surface area contributed by atoms with Crippen LogP contribution in [0, 0.1) is 0 Å². The predicted octanol–water partition coefficient (Wildman–Crippen LogP) is 3.83. The normalized spacial score (nSPS) is 13.1. The fourth-order valence-electron chi connectivity index (χ4n) is 3.48. The van der Waals surface area contributed by atoms with Crippen LogP contribution in [0.2, 0.25) is 0 Å². The van der Waals surface area contributed by atoms with Crippen molar-refractivity contribution in [3.63, 3.8) is 0 Å². The molecule has 1 amide bonds. The van der Waals surface area contributed by atoms with Crippen molar-refractivity contribution in [3.8, 4) is 0 Å². The quantitative estimate of drug-likeness (QED) is 0.711. The van der Waals surface area contributed by atoms with Crippen LogP contribution in [0.5, 0.6) is 0 Å². The van der Waals surface area contributed by atoms with Crippen LogP contribution in [-0.4, -0.2) is 34.6 Å². The molecule has 3 aromatic rings. The zero-order valence-corrected chi connectivity index (χ0v) is 15.4. The number of aryl methyl sites for hydroxylation is 1. The van der Waals surface area contributed by atoms with E-state index in [2.05, 4.69) is 33.3 Å². The van der Waals surface area contributed by atoms with Gasteiger partial charge in [0.25, 0.3) is 5.91 Å². The second kappa shape index (κ2) is 7.58. The lowest BCUT2D eigenvalue weighted by Crippen LogP contribution is -2.28. The number of para-hydroxylation sites is 1. The highest BCUT2D eigenvalue weighted by molar-refractivity contribution is 5.92. The molecule has 136 valence electrons. The summed E-state index contributed by atoms with van der Waals surface area (Å²) in [6.07, 6.45) is 2.17. The largest absolute Gasteiger partial charge is 0.336 e. The highest BCUT2D eigenvalue weighted by Crippen LogP contribution is 2.31. The van der Waals surface area contributed by atoms with E-state index >= 15 is 0 Å². The van der Waals surface area contributed by atoms with Crippen molar-refractivity contribution in [3.05, 3.63) is 83.6 Å². The number of benzene rings is 2. The van der Waals surface area contributed by atoms with Gasteiger partial charge in [0.15, 0.2) is 11.5 Å². The third kappa shape index (κ3) is 3.67. The maximum atomic E-state index is 12.6. The molecule has 0 atom stereocenters. The molecule has 0 bridgehead atoms. The third-order valence-electron chi connectivity index (χ3n) is 4.87. The summed E-state index contributed by atoms with van der Waals surface area (Å²) in [7, 11) is 1.78. The lowest BCUT2D eigenvalue weighted by molar-refractivity contribution is 0.0778. The first-order valence-corrected chi connectivity index (χ1v) is 9.21. The van der Waals surface area contributed by atoms with E-state index in [9.17, 15) is 4.79 Å². The summed E-state index contributed by atoms with van der Waals surface area (Å²) in [4.78, 5) is 16.5. The van der Waals surface area contributed by atoms with Gasteiger partial charge in [-0.1, -0.05) is 48.5 Å². The number of carbonyl (C=O) groups excluding carboxylic acids is 1. The van der Waals surface area contributed by atoms with Gasteiger partial charge in [0.1, 0.15) is 0 Å². The number of nitrogens with zero attached hydrogens (tertiary/aromatic N) is 4. The van der Waals surface area contributed by atoms with E-state index in [0.29, 0.717) is 12.2 Å². The Hall–Kier alpha value is -3.21. The molecule has 0 fully saturated rings. The molecule has 0 saturated carbocycles. The van der Waals surface area contributed by atoms with Crippen LogP contribution in [0.4, 0.5) is 11.5 Å². The van der Waals surface area contributed by atoms with Gasteiger partial charge in [-0.2, -0.15) is 0 Å². The van der Waals surface area contributed by atoms with E-state index in [4.69, 9.17) is 0 Å². The topological polar surface area (TPSA) is 49.3 Å². The van der Waals surface area contributed by atoms with Crippen molar-refractivity contribution in [2.75, 3.05) is 18.5 Å². The molecule has 2 aromatic carbocycles. The maximum absolute atomic E-state index is 12.6. The minimum absolute atomic E-state index is 0.128. The second-order valence-electron chi connectivity index (χ2n) is 6.81. The Kier molecular flexibility index (Phi) is 4.83. The Morgan fingerprint density at radius 3 is 2.56 bits per heavy atom. The molecule has 5 nitrogen and oxygen atoms in total. The molecule has 1 aromatic heterocycles. The summed E-state index contributed by atoms with van der Waals surface area (Å²) >= 11 is 0. The van der Waals surface area contributed by atoms with Crippen molar-refractivity contribution >= 4 is 17.4 Å². The molecule has 0 N–H and O–H groups in total. The van der Waals surface area contributed by atoms with Crippen molar-refractivity contribution in [2.24, 2.45) is 0 Å². The van der Waals surface area contributed by atoms with E-state index in [1.807, 2.05) is 42.5 Å². The molecule has 27 heavy (non-hydrogen) atoms. The summed E-state index contributed by atoms with van der Waals surface area (Å²) in [6.45, 7) is 1.45. The lowest BCUT2D eigenvalue weighted by Gasteiger charge is -2.30. The Labute approximate surface area is 159 Å². The summed E-state index contributed by atoms with van der Waals surface area (Å²) < 4.78 is 0. The molecule has 1 aliphatic heterocycles. The lowest BCUT2D eigenvalue weighted by atomic mass is 10.0. The predicted molar refractivity (Wildman–Crippen MR) is 106 cm³/mol. The Morgan fingerprint density at radius 2 is 1.78 bits per heavy atom. The SMILES string of the molecule is CN(Cc1ccccc1)C(=O)c1ccc(N2CCCc3ccccc32)nn1. The maximum Gasteiger partial charge on any atom is 0.274 e. The fraction of sp³-hybridized carbons (Fsp3) is 0.227. The smallest absolute Gasteiger partial charge is 0.274 e. The molecule has 0 spiro atoms. The van der Waals surface area contributed by atoms with Crippen molar-refractivity contribution < 1.29 is 4.79 Å². The highest BCUT2D eigenvalue weighted by atomic mass is 16.2. The van der Waals surface area contributed by atoms with Crippen LogP contribution >= 0.6 is 0 Å². The number of hydrogen-bond acceptors (Lipinski definition) is 4. The molecule has 0 aliphatic carbocycles. The minimum atomic E-state index is -0.128. The minimum Gasteiger partial charge on any atom is -0.336 e. The van der Waals surface area contributed by atoms with Gasteiger partial charge in [0.2, 0.25) is 0 Å². The molecule has 0 radical (unpaired) electrons. The Morgan fingerprint density at radius 1 is 1.00 bits per heavy atom. The van der Waals surface area contributed by atoms with Gasteiger partial charge in [-0.3, -0.25) is 4.79 Å². The standard InChI is InChI=1S/C22H22N4O/c1-25(16-17-8-3-2-4-9-17)22(27)19-13-14-21(24-23-19)26-15-7-11-18-10-5-6-12-20(18)26/h2-6,8-10,12-14H,7,11,15-16H2,1H3. The van der Waals surface area contributed by atoms with E-state index in [1.54, 1.807) is 18.0 Å². The molecular formula is C22H22N4O. The van der Waals surface area contributed by atoms with E-state index < -0.39 is 0 Å². The Bertz CT molecular complexity index is 925. The molecule has 2 heterocycles. The first-order chi connectivity index (χ1) is 13.2. The zero-order chi connectivity index (χ0) is 18.6. The zero-order valence-electron chi connectivity index (χ0n) is 15.4. The number of fused-ring (bicyclic) bond motifs is 1. The van der Waals surface area contributed by atoms with Gasteiger partial charge in [-0.15, -0.1) is 10.2 Å². The van der Waals surface area contributed by atoms with E-state index in [-0.39, 0.29) is 5.91 Å². The summed E-state index contributed by atoms with van der Waals surface area (Å²) in [5, 5.41) is 8.55. The average molecular weight is 358 g/mol. The monoisotopic (exact) mass is 358 g/mol. The van der Waals surface area contributed by atoms with Crippen LogP contribution < -0.4 is 4.90 Å². The first kappa shape index (κ1) is 17.2. The van der Waals surface area contributed by atoms with E-state index in [1.165, 1.54) is 11.3 Å². The van der Waals surface area contributed by atoms with Crippen LogP contribution in [-0.2, 0) is 13.0 Å². The van der Waals surface area contributed by atoms with Crippen molar-refractivity contribution in [2.45, 2.75) is 19.4 Å². The average Bonchev–Trinajstić information content (AvgIpc) is 2.73. The summed E-state index contributed by atoms with van der Waals surface area (Å²) in [5.74, 6) is 0.654. The summed E-state index contributed by atoms with van der Waals surface area (Å²) in [6, 6.07) is 22.0. The van der Waals surface area contributed by atoms with Gasteiger partial charge in [-0.25, -0.2) is 0 Å². The molecule has 5 heteroatoms. The number of anilines is 2.